The molecule has 4 heteroatoms. The number of nitrogens with two attached hydrogens (primary N) is 1. The molecule has 0 heterocycles. The topological polar surface area (TPSA) is 55.5 Å². The molecule has 0 atom stereocenters. The van der Waals surface area contributed by atoms with Gasteiger partial charge in [-0.15, -0.1) is 0 Å². The third kappa shape index (κ3) is 2.29. The number of methoxy groups -OCH3 is 1. The van der Waals surface area contributed by atoms with Gasteiger partial charge < -0.3 is 15.6 Å². The van der Waals surface area contributed by atoms with Gasteiger partial charge >= 0.3 is 0 Å². The number of rotatable bonds is 3. The van der Waals surface area contributed by atoms with E-state index in [9.17, 15) is 5.11 Å². The normalized spacial score (nSPS) is 18.6. The third-order valence-corrected chi connectivity index (χ3v) is 4.35. The molecule has 18 heavy (non-hydrogen) atoms. The average Bonchev–Trinajstić information content (AvgIpc) is 2.41. The van der Waals surface area contributed by atoms with Gasteiger partial charge in [0.2, 0.25) is 0 Å². The molecule has 100 valence electrons. The maximum Gasteiger partial charge on any atom is 0.161 e. The molecule has 1 aliphatic carbocycles. The first-order valence-electron chi connectivity index (χ1n) is 6.40. The molecule has 1 aromatic carbocycles. The van der Waals surface area contributed by atoms with Gasteiger partial charge in [-0.05, 0) is 24.5 Å². The van der Waals surface area contributed by atoms with E-state index in [2.05, 4.69) is 0 Å². The van der Waals surface area contributed by atoms with Crippen LogP contribution >= 0.6 is 11.6 Å². The Morgan fingerprint density at radius 1 is 1.33 bits per heavy atom. The molecule has 0 spiro atoms. The summed E-state index contributed by atoms with van der Waals surface area (Å²) < 4.78 is 5.07. The highest BCUT2D eigenvalue weighted by molar-refractivity contribution is 6.31. The molecule has 1 aromatic rings. The third-order valence-electron chi connectivity index (χ3n) is 4.04. The van der Waals surface area contributed by atoms with Crippen molar-refractivity contribution in [2.45, 2.75) is 37.5 Å². The first-order valence-corrected chi connectivity index (χ1v) is 6.78. The molecule has 0 unspecified atom stereocenters. The van der Waals surface area contributed by atoms with Crippen LogP contribution in [0.4, 0.5) is 0 Å². The van der Waals surface area contributed by atoms with E-state index in [0.717, 1.165) is 18.4 Å². The van der Waals surface area contributed by atoms with Crippen LogP contribution in [0.25, 0.3) is 0 Å². The second kappa shape index (κ2) is 5.37. The maximum absolute atomic E-state index is 9.93. The lowest BCUT2D eigenvalue weighted by Gasteiger charge is -2.37. The molecule has 3 N–H and O–H groups in total. The van der Waals surface area contributed by atoms with Gasteiger partial charge in [-0.3, -0.25) is 0 Å². The van der Waals surface area contributed by atoms with Crippen LogP contribution in [0.2, 0.25) is 5.02 Å². The van der Waals surface area contributed by atoms with Gasteiger partial charge in [0.05, 0.1) is 7.11 Å². The summed E-state index contributed by atoms with van der Waals surface area (Å²) in [6.45, 7) is 0.568. The summed E-state index contributed by atoms with van der Waals surface area (Å²) in [7, 11) is 1.52. The fourth-order valence-electron chi connectivity index (χ4n) is 2.93. The highest BCUT2D eigenvalue weighted by Gasteiger charge is 2.35. The Balaban J connectivity index is 2.45. The van der Waals surface area contributed by atoms with Crippen molar-refractivity contribution in [1.82, 2.24) is 0 Å². The second-order valence-corrected chi connectivity index (χ2v) is 5.46. The molecule has 1 fully saturated rings. The van der Waals surface area contributed by atoms with Gasteiger partial charge in [-0.2, -0.15) is 0 Å². The molecule has 0 bridgehead atoms. The number of phenolic OH excluding ortho intramolecular Hbond substituents is 1. The molecule has 0 saturated heterocycles. The monoisotopic (exact) mass is 269 g/mol. The van der Waals surface area contributed by atoms with Gasteiger partial charge in [0.1, 0.15) is 0 Å². The van der Waals surface area contributed by atoms with Crippen molar-refractivity contribution in [3.8, 4) is 11.5 Å². The zero-order chi connectivity index (χ0) is 13.2. The van der Waals surface area contributed by atoms with E-state index in [1.807, 2.05) is 0 Å². The lowest BCUT2D eigenvalue weighted by Crippen LogP contribution is -2.37. The first-order chi connectivity index (χ1) is 8.63. The molecule has 0 aromatic heterocycles. The van der Waals surface area contributed by atoms with Crippen LogP contribution in [-0.2, 0) is 5.41 Å². The van der Waals surface area contributed by atoms with E-state index in [0.29, 0.717) is 17.3 Å². The fraction of sp³-hybridized carbons (Fsp3) is 0.571. The molecular formula is C14H20ClNO2. The van der Waals surface area contributed by atoms with E-state index < -0.39 is 0 Å². The van der Waals surface area contributed by atoms with Crippen LogP contribution in [-0.4, -0.2) is 18.8 Å². The average molecular weight is 270 g/mol. The fourth-order valence-corrected chi connectivity index (χ4v) is 3.28. The Morgan fingerprint density at radius 2 is 2.00 bits per heavy atom. The minimum Gasteiger partial charge on any atom is -0.504 e. The Kier molecular flexibility index (Phi) is 4.03. The molecule has 1 aliphatic rings. The van der Waals surface area contributed by atoms with E-state index in [1.54, 1.807) is 12.1 Å². The van der Waals surface area contributed by atoms with Crippen molar-refractivity contribution in [2.75, 3.05) is 13.7 Å². The molecule has 2 rings (SSSR count). The minimum atomic E-state index is -0.0842. The minimum absolute atomic E-state index is 0.0842. The van der Waals surface area contributed by atoms with Gasteiger partial charge in [-0.25, -0.2) is 0 Å². The van der Waals surface area contributed by atoms with Gasteiger partial charge in [-0.1, -0.05) is 30.9 Å². The molecule has 1 saturated carbocycles. The summed E-state index contributed by atoms with van der Waals surface area (Å²) in [5.41, 5.74) is 6.87. The molecule has 0 aliphatic heterocycles. The van der Waals surface area contributed by atoms with Crippen molar-refractivity contribution >= 4 is 11.6 Å². The zero-order valence-corrected chi connectivity index (χ0v) is 11.5. The summed E-state index contributed by atoms with van der Waals surface area (Å²) in [5.74, 6) is 0.544. The van der Waals surface area contributed by atoms with E-state index in [-0.39, 0.29) is 11.2 Å². The maximum atomic E-state index is 9.93. The van der Waals surface area contributed by atoms with E-state index in [4.69, 9.17) is 22.1 Å². The number of halogens is 1. The number of ether oxygens (including phenoxy) is 1. The van der Waals surface area contributed by atoms with Crippen molar-refractivity contribution in [3.05, 3.63) is 22.7 Å². The predicted molar refractivity (Wildman–Crippen MR) is 73.5 cm³/mol. The summed E-state index contributed by atoms with van der Waals surface area (Å²) >= 11 is 6.34. The number of hydrogen-bond donors (Lipinski definition) is 2. The van der Waals surface area contributed by atoms with Gasteiger partial charge in [0.15, 0.2) is 11.5 Å². The van der Waals surface area contributed by atoms with Gasteiger partial charge in [0.25, 0.3) is 0 Å². The Morgan fingerprint density at radius 3 is 2.56 bits per heavy atom. The second-order valence-electron chi connectivity index (χ2n) is 5.05. The Hall–Kier alpha value is -0.930. The summed E-state index contributed by atoms with van der Waals surface area (Å²) in [6, 6.07) is 3.40. The highest BCUT2D eigenvalue weighted by Crippen LogP contribution is 2.44. The zero-order valence-electron chi connectivity index (χ0n) is 10.7. The summed E-state index contributed by atoms with van der Waals surface area (Å²) in [5, 5.41) is 10.6. The number of benzene rings is 1. The first kappa shape index (κ1) is 13.5. The lowest BCUT2D eigenvalue weighted by molar-refractivity contribution is 0.298. The van der Waals surface area contributed by atoms with Crippen LogP contribution < -0.4 is 10.5 Å². The van der Waals surface area contributed by atoms with Crippen molar-refractivity contribution in [2.24, 2.45) is 5.73 Å². The van der Waals surface area contributed by atoms with Crippen molar-refractivity contribution in [3.63, 3.8) is 0 Å². The Bertz CT molecular complexity index is 428. The van der Waals surface area contributed by atoms with Crippen molar-refractivity contribution < 1.29 is 9.84 Å². The smallest absolute Gasteiger partial charge is 0.161 e. The standard InChI is InChI=1S/C14H20ClNO2/c1-18-13-8-11(15)10(7-12(13)17)14(9-16)5-3-2-4-6-14/h7-8,17H,2-6,9,16H2,1H3. The molecule has 0 radical (unpaired) electrons. The van der Waals surface area contributed by atoms with Crippen LogP contribution in [0.1, 0.15) is 37.7 Å². The number of phenols is 1. The van der Waals surface area contributed by atoms with E-state index in [1.165, 1.54) is 26.4 Å². The predicted octanol–water partition coefficient (Wildman–Crippen LogP) is 3.21. The van der Waals surface area contributed by atoms with Crippen LogP contribution in [0.15, 0.2) is 12.1 Å². The summed E-state index contributed by atoms with van der Waals surface area (Å²) in [6.07, 6.45) is 5.66. The van der Waals surface area contributed by atoms with Crippen LogP contribution in [0.5, 0.6) is 11.5 Å². The molecule has 3 nitrogen and oxygen atoms in total. The number of hydrogen-bond acceptors (Lipinski definition) is 3. The summed E-state index contributed by atoms with van der Waals surface area (Å²) in [4.78, 5) is 0. The highest BCUT2D eigenvalue weighted by atomic mass is 35.5. The van der Waals surface area contributed by atoms with Gasteiger partial charge in [0, 0.05) is 23.0 Å². The largest absolute Gasteiger partial charge is 0.504 e. The van der Waals surface area contributed by atoms with Crippen molar-refractivity contribution in [1.29, 1.82) is 0 Å². The van der Waals surface area contributed by atoms with E-state index >= 15 is 0 Å². The quantitative estimate of drug-likeness (QED) is 0.886. The molecular weight excluding hydrogens is 250 g/mol. The lowest BCUT2D eigenvalue weighted by atomic mass is 9.69. The SMILES string of the molecule is COc1cc(Cl)c(C2(CN)CCCCC2)cc1O. The Labute approximate surface area is 113 Å². The van der Waals surface area contributed by atoms with Crippen LogP contribution in [0, 0.1) is 0 Å². The molecule has 0 amide bonds. The van der Waals surface area contributed by atoms with Crippen LogP contribution in [0.3, 0.4) is 0 Å². The number of aromatic hydroxyl groups is 1.